The van der Waals surface area contributed by atoms with Crippen LogP contribution in [0.25, 0.3) is 32.9 Å². The molecule has 44 heavy (non-hydrogen) atoms. The standard InChI is InChI=1S/C33H30N6O4S/c1-6-39-25-10-8-7-9-21(25)22-15-20(11-12-26(22)39)37-32(40)18(2)44-33-24(17-35)29(23(16-34)31(36)38-33)19-13-27(41-3)30(43-5)28(14-19)42-4/h7-15,18H,6H2,1-5H3,(H2,36,38)(H,37,40). The first-order valence-corrected chi connectivity index (χ1v) is 14.6. The molecule has 0 bridgehead atoms. The molecule has 0 saturated heterocycles. The third-order valence-electron chi connectivity index (χ3n) is 7.38. The summed E-state index contributed by atoms with van der Waals surface area (Å²) in [6.07, 6.45) is 0. The zero-order valence-electron chi connectivity index (χ0n) is 24.9. The van der Waals surface area contributed by atoms with E-state index in [2.05, 4.69) is 46.1 Å². The second-order valence-electron chi connectivity index (χ2n) is 9.81. The van der Waals surface area contributed by atoms with Gasteiger partial charge in [0.15, 0.2) is 11.5 Å². The zero-order valence-corrected chi connectivity index (χ0v) is 25.7. The number of aromatic nitrogens is 2. The summed E-state index contributed by atoms with van der Waals surface area (Å²) in [5.74, 6) is 0.687. The van der Waals surface area contributed by atoms with Gasteiger partial charge < -0.3 is 29.8 Å². The number of carbonyl (C=O) groups is 1. The lowest BCUT2D eigenvalue weighted by Gasteiger charge is -2.18. The largest absolute Gasteiger partial charge is 0.493 e. The van der Waals surface area contributed by atoms with Gasteiger partial charge in [-0.2, -0.15) is 10.5 Å². The quantitative estimate of drug-likeness (QED) is 0.183. The van der Waals surface area contributed by atoms with E-state index in [1.54, 1.807) is 19.1 Å². The predicted octanol–water partition coefficient (Wildman–Crippen LogP) is 6.35. The summed E-state index contributed by atoms with van der Waals surface area (Å²) in [6, 6.07) is 21.5. The number of aryl methyl sites for hydroxylation is 1. The number of pyridine rings is 1. The van der Waals surface area contributed by atoms with Crippen molar-refractivity contribution in [3.8, 4) is 40.5 Å². The third-order valence-corrected chi connectivity index (χ3v) is 8.47. The molecule has 0 aliphatic carbocycles. The fourth-order valence-corrected chi connectivity index (χ4v) is 6.25. The Labute approximate surface area is 258 Å². The van der Waals surface area contributed by atoms with Crippen LogP contribution in [-0.4, -0.2) is 42.0 Å². The second kappa shape index (κ2) is 12.5. The van der Waals surface area contributed by atoms with Gasteiger partial charge in [0.25, 0.3) is 0 Å². The van der Waals surface area contributed by atoms with Crippen LogP contribution in [0.4, 0.5) is 11.5 Å². The zero-order chi connectivity index (χ0) is 31.5. The van der Waals surface area contributed by atoms with Crippen molar-refractivity contribution in [1.29, 1.82) is 10.5 Å². The summed E-state index contributed by atoms with van der Waals surface area (Å²) in [6.45, 7) is 4.65. The van der Waals surface area contributed by atoms with Gasteiger partial charge in [0.2, 0.25) is 11.7 Å². The summed E-state index contributed by atoms with van der Waals surface area (Å²) >= 11 is 1.08. The van der Waals surface area contributed by atoms with E-state index in [1.807, 2.05) is 30.3 Å². The maximum atomic E-state index is 13.4. The number of benzene rings is 3. The number of hydrogen-bond acceptors (Lipinski definition) is 9. The maximum Gasteiger partial charge on any atom is 0.237 e. The van der Waals surface area contributed by atoms with E-state index in [0.29, 0.717) is 28.5 Å². The van der Waals surface area contributed by atoms with Crippen molar-refractivity contribution in [3.05, 3.63) is 65.7 Å². The van der Waals surface area contributed by atoms with Crippen LogP contribution in [0, 0.1) is 22.7 Å². The average molecular weight is 607 g/mol. The van der Waals surface area contributed by atoms with Gasteiger partial charge in [-0.25, -0.2) is 4.98 Å². The SMILES string of the molecule is CCn1c2ccccc2c2cc(NC(=O)C(C)Sc3nc(N)c(C#N)c(-c4cc(OC)c(OC)c(OC)c4)c3C#N)ccc21. The van der Waals surface area contributed by atoms with E-state index in [4.69, 9.17) is 19.9 Å². The van der Waals surface area contributed by atoms with Crippen molar-refractivity contribution in [3.63, 3.8) is 0 Å². The van der Waals surface area contributed by atoms with Gasteiger partial charge in [-0.15, -0.1) is 0 Å². The van der Waals surface area contributed by atoms with Crippen molar-refractivity contribution < 1.29 is 19.0 Å². The van der Waals surface area contributed by atoms with Gasteiger partial charge >= 0.3 is 0 Å². The molecule has 1 amide bonds. The molecule has 11 heteroatoms. The highest BCUT2D eigenvalue weighted by molar-refractivity contribution is 8.00. The summed E-state index contributed by atoms with van der Waals surface area (Å²) in [5.41, 5.74) is 9.93. The Balaban J connectivity index is 1.50. The molecule has 1 unspecified atom stereocenters. The lowest BCUT2D eigenvalue weighted by Crippen LogP contribution is -2.22. The highest BCUT2D eigenvalue weighted by Gasteiger charge is 2.26. The molecule has 5 aromatic rings. The molecule has 3 aromatic carbocycles. The molecular weight excluding hydrogens is 576 g/mol. The minimum absolute atomic E-state index is 0.0248. The normalized spacial score (nSPS) is 11.5. The Morgan fingerprint density at radius 3 is 2.25 bits per heavy atom. The van der Waals surface area contributed by atoms with Crippen LogP contribution in [0.5, 0.6) is 17.2 Å². The minimum Gasteiger partial charge on any atom is -0.493 e. The number of nitrogens with zero attached hydrogens (tertiary/aromatic N) is 4. The number of nitriles is 2. The number of methoxy groups -OCH3 is 3. The number of amides is 1. The molecule has 0 radical (unpaired) electrons. The van der Waals surface area contributed by atoms with Crippen molar-refractivity contribution >= 4 is 51.0 Å². The van der Waals surface area contributed by atoms with E-state index in [1.165, 1.54) is 21.3 Å². The Kier molecular flexibility index (Phi) is 8.52. The predicted molar refractivity (Wildman–Crippen MR) is 172 cm³/mol. The Morgan fingerprint density at radius 1 is 0.977 bits per heavy atom. The first kappa shape index (κ1) is 30.1. The number of para-hydroxylation sites is 1. The lowest BCUT2D eigenvalue weighted by atomic mass is 9.96. The third kappa shape index (κ3) is 5.19. The van der Waals surface area contributed by atoms with Gasteiger partial charge in [-0.1, -0.05) is 30.0 Å². The summed E-state index contributed by atoms with van der Waals surface area (Å²) in [7, 11) is 4.42. The molecule has 0 saturated carbocycles. The second-order valence-corrected chi connectivity index (χ2v) is 11.1. The van der Waals surface area contributed by atoms with E-state index in [-0.39, 0.29) is 33.4 Å². The Morgan fingerprint density at radius 2 is 1.64 bits per heavy atom. The molecule has 2 heterocycles. The van der Waals surface area contributed by atoms with Crippen LogP contribution in [-0.2, 0) is 11.3 Å². The number of anilines is 2. The first-order valence-electron chi connectivity index (χ1n) is 13.7. The summed E-state index contributed by atoms with van der Waals surface area (Å²) in [5, 5.41) is 25.0. The molecule has 10 nitrogen and oxygen atoms in total. The molecule has 0 aliphatic rings. The number of hydrogen-bond donors (Lipinski definition) is 2. The van der Waals surface area contributed by atoms with Crippen LogP contribution in [0.2, 0.25) is 0 Å². The van der Waals surface area contributed by atoms with E-state index >= 15 is 0 Å². The molecule has 0 aliphatic heterocycles. The van der Waals surface area contributed by atoms with Crippen LogP contribution in [0.15, 0.2) is 59.6 Å². The first-order chi connectivity index (χ1) is 21.3. The molecule has 222 valence electrons. The smallest absolute Gasteiger partial charge is 0.237 e. The highest BCUT2D eigenvalue weighted by Crippen LogP contribution is 2.44. The topological polar surface area (TPSA) is 148 Å². The van der Waals surface area contributed by atoms with Crippen molar-refractivity contribution in [2.75, 3.05) is 32.4 Å². The van der Waals surface area contributed by atoms with Gasteiger partial charge in [-0.05, 0) is 55.8 Å². The van der Waals surface area contributed by atoms with Gasteiger partial charge in [-0.3, -0.25) is 4.79 Å². The molecule has 2 aromatic heterocycles. The van der Waals surface area contributed by atoms with E-state index < -0.39 is 5.25 Å². The summed E-state index contributed by atoms with van der Waals surface area (Å²) < 4.78 is 18.6. The molecule has 5 rings (SSSR count). The minimum atomic E-state index is -0.664. The van der Waals surface area contributed by atoms with Crippen LogP contribution < -0.4 is 25.3 Å². The monoisotopic (exact) mass is 606 g/mol. The molecular formula is C33H30N6O4S. The number of nitrogens with one attached hydrogen (secondary N) is 1. The number of nitrogens with two attached hydrogens (primary N) is 1. The number of ether oxygens (including phenoxy) is 3. The molecule has 1 atom stereocenters. The van der Waals surface area contributed by atoms with Crippen LogP contribution >= 0.6 is 11.8 Å². The van der Waals surface area contributed by atoms with Gasteiger partial charge in [0.1, 0.15) is 28.5 Å². The van der Waals surface area contributed by atoms with Crippen molar-refractivity contribution in [1.82, 2.24) is 9.55 Å². The Hall–Kier alpha value is -5.39. The highest BCUT2D eigenvalue weighted by atomic mass is 32.2. The maximum absolute atomic E-state index is 13.4. The van der Waals surface area contributed by atoms with Gasteiger partial charge in [0.05, 0.1) is 32.1 Å². The number of rotatable bonds is 9. The number of fused-ring (bicyclic) bond motifs is 3. The molecule has 0 spiro atoms. The average Bonchev–Trinajstić information content (AvgIpc) is 3.36. The fourth-order valence-electron chi connectivity index (χ4n) is 5.33. The van der Waals surface area contributed by atoms with Crippen molar-refractivity contribution in [2.24, 2.45) is 0 Å². The van der Waals surface area contributed by atoms with Gasteiger partial charge in [0, 0.05) is 39.6 Å². The van der Waals surface area contributed by atoms with Crippen LogP contribution in [0.3, 0.4) is 0 Å². The van der Waals surface area contributed by atoms with Crippen molar-refractivity contribution in [2.45, 2.75) is 30.7 Å². The molecule has 3 N–H and O–H groups in total. The number of thioether (sulfide) groups is 1. The fraction of sp³-hybridized carbons (Fsp3) is 0.212. The van der Waals surface area contributed by atoms with E-state index in [9.17, 15) is 15.3 Å². The lowest BCUT2D eigenvalue weighted by molar-refractivity contribution is -0.115. The summed E-state index contributed by atoms with van der Waals surface area (Å²) in [4.78, 5) is 17.8. The molecule has 0 fully saturated rings. The number of nitrogen functional groups attached to an aromatic ring is 1. The number of carbonyl (C=O) groups excluding carboxylic acids is 1. The van der Waals surface area contributed by atoms with Crippen LogP contribution in [0.1, 0.15) is 25.0 Å². The Bertz CT molecular complexity index is 1980. The van der Waals surface area contributed by atoms with E-state index in [0.717, 1.165) is 40.1 Å².